The smallest absolute Gasteiger partial charge is 0.422 e. The van der Waals surface area contributed by atoms with Crippen LogP contribution in [0.5, 0.6) is 5.88 Å². The van der Waals surface area contributed by atoms with Gasteiger partial charge in [0.15, 0.2) is 6.61 Å². The number of carbonyl (C=O) groups is 1. The molecule has 10 heteroatoms. The Balaban J connectivity index is 1.96. The lowest BCUT2D eigenvalue weighted by molar-refractivity contribution is -0.154. The van der Waals surface area contributed by atoms with E-state index < -0.39 is 18.7 Å². The largest absolute Gasteiger partial charge is 0.468 e. The number of nitrogens with zero attached hydrogens (tertiary/aromatic N) is 2. The van der Waals surface area contributed by atoms with Gasteiger partial charge >= 0.3 is 6.18 Å². The van der Waals surface area contributed by atoms with Gasteiger partial charge in [-0.3, -0.25) is 4.79 Å². The fourth-order valence-corrected chi connectivity index (χ4v) is 2.55. The van der Waals surface area contributed by atoms with E-state index in [0.717, 1.165) is 5.01 Å². The fourth-order valence-electron chi connectivity index (χ4n) is 1.76. The van der Waals surface area contributed by atoms with E-state index in [0.29, 0.717) is 18.5 Å². The molecule has 0 radical (unpaired) electrons. The summed E-state index contributed by atoms with van der Waals surface area (Å²) in [6.45, 7) is -1.03. The van der Waals surface area contributed by atoms with Crippen LogP contribution in [-0.2, 0) is 13.0 Å². The van der Waals surface area contributed by atoms with Crippen LogP contribution >= 0.6 is 11.3 Å². The fraction of sp³-hybridized carbons (Fsp3) is 0.357. The van der Waals surface area contributed by atoms with Crippen LogP contribution in [0.25, 0.3) is 0 Å². The molecule has 0 bridgehead atoms. The van der Waals surface area contributed by atoms with E-state index in [1.54, 1.807) is 11.4 Å². The minimum absolute atomic E-state index is 0.0242. The number of amides is 1. The number of nitrogens with one attached hydrogen (secondary N) is 1. The summed E-state index contributed by atoms with van der Waals surface area (Å²) < 4.78 is 41.4. The Kier molecular flexibility index (Phi) is 6.10. The zero-order valence-corrected chi connectivity index (χ0v) is 13.3. The third-order valence-corrected chi connectivity index (χ3v) is 3.71. The van der Waals surface area contributed by atoms with Gasteiger partial charge in [0.1, 0.15) is 5.69 Å². The summed E-state index contributed by atoms with van der Waals surface area (Å²) in [5.41, 5.74) is 6.00. The Labute approximate surface area is 139 Å². The predicted molar refractivity (Wildman–Crippen MR) is 81.8 cm³/mol. The highest BCUT2D eigenvalue weighted by molar-refractivity contribution is 7.09. The van der Waals surface area contributed by atoms with Gasteiger partial charge in [0.05, 0.1) is 5.01 Å². The lowest BCUT2D eigenvalue weighted by atomic mass is 10.2. The van der Waals surface area contributed by atoms with E-state index >= 15 is 0 Å². The third kappa shape index (κ3) is 5.46. The van der Waals surface area contributed by atoms with E-state index in [-0.39, 0.29) is 18.1 Å². The SMILES string of the molecule is NCCc1nc(C(=O)NCc2cccnc2OCC(F)(F)F)cs1. The number of carbonyl (C=O) groups excluding carboxylic acids is 1. The number of nitrogens with two attached hydrogens (primary N) is 1. The Morgan fingerprint density at radius 1 is 1.42 bits per heavy atom. The van der Waals surface area contributed by atoms with Crippen molar-refractivity contribution in [2.24, 2.45) is 5.73 Å². The van der Waals surface area contributed by atoms with Crippen molar-refractivity contribution in [3.8, 4) is 5.88 Å². The van der Waals surface area contributed by atoms with Crippen LogP contribution in [0.4, 0.5) is 13.2 Å². The summed E-state index contributed by atoms with van der Waals surface area (Å²) in [5, 5.41) is 4.93. The second-order valence-corrected chi connectivity index (χ2v) is 5.66. The number of hydrogen-bond donors (Lipinski definition) is 2. The molecule has 1 amide bonds. The number of hydrogen-bond acceptors (Lipinski definition) is 6. The first-order valence-corrected chi connectivity index (χ1v) is 7.83. The molecular formula is C14H15F3N4O2S. The number of halogens is 3. The molecule has 0 unspecified atom stereocenters. The first-order chi connectivity index (χ1) is 11.4. The Hall–Kier alpha value is -2.20. The highest BCUT2D eigenvalue weighted by Gasteiger charge is 2.29. The van der Waals surface area contributed by atoms with E-state index in [4.69, 9.17) is 5.73 Å². The zero-order chi connectivity index (χ0) is 17.6. The van der Waals surface area contributed by atoms with Crippen LogP contribution < -0.4 is 15.8 Å². The maximum atomic E-state index is 12.2. The van der Waals surface area contributed by atoms with E-state index in [2.05, 4.69) is 20.0 Å². The van der Waals surface area contributed by atoms with Crippen LogP contribution in [0.2, 0.25) is 0 Å². The molecule has 0 aliphatic rings. The summed E-state index contributed by atoms with van der Waals surface area (Å²) in [6, 6.07) is 3.07. The van der Waals surface area contributed by atoms with Crippen molar-refractivity contribution >= 4 is 17.2 Å². The highest BCUT2D eigenvalue weighted by Crippen LogP contribution is 2.20. The first kappa shape index (κ1) is 18.1. The van der Waals surface area contributed by atoms with Gasteiger partial charge < -0.3 is 15.8 Å². The molecule has 0 aliphatic carbocycles. The average molecular weight is 360 g/mol. The van der Waals surface area contributed by atoms with Crippen LogP contribution in [0.15, 0.2) is 23.7 Å². The van der Waals surface area contributed by atoms with Crippen molar-refractivity contribution < 1.29 is 22.7 Å². The number of ether oxygens (including phenoxy) is 1. The van der Waals surface area contributed by atoms with Crippen molar-refractivity contribution in [3.63, 3.8) is 0 Å². The maximum absolute atomic E-state index is 12.2. The van der Waals surface area contributed by atoms with Gasteiger partial charge in [-0.1, -0.05) is 6.07 Å². The minimum Gasteiger partial charge on any atom is -0.468 e. The number of aromatic nitrogens is 2. The van der Waals surface area contributed by atoms with Crippen molar-refractivity contribution in [2.45, 2.75) is 19.1 Å². The monoisotopic (exact) mass is 360 g/mol. The van der Waals surface area contributed by atoms with Gasteiger partial charge in [-0.05, 0) is 12.6 Å². The average Bonchev–Trinajstić information content (AvgIpc) is 3.00. The van der Waals surface area contributed by atoms with Crippen molar-refractivity contribution in [1.82, 2.24) is 15.3 Å². The summed E-state index contributed by atoms with van der Waals surface area (Å²) in [5.74, 6) is -0.600. The molecule has 3 N–H and O–H groups in total. The number of pyridine rings is 1. The molecule has 0 fully saturated rings. The summed E-state index contributed by atoms with van der Waals surface area (Å²) in [4.78, 5) is 19.9. The zero-order valence-electron chi connectivity index (χ0n) is 12.5. The third-order valence-electron chi connectivity index (χ3n) is 2.80. The Morgan fingerprint density at radius 3 is 2.92 bits per heavy atom. The lowest BCUT2D eigenvalue weighted by Crippen LogP contribution is -2.25. The van der Waals surface area contributed by atoms with Crippen LogP contribution in [0, 0.1) is 0 Å². The molecule has 0 spiro atoms. The summed E-state index contributed by atoms with van der Waals surface area (Å²) in [6.07, 6.45) is -2.56. The molecule has 24 heavy (non-hydrogen) atoms. The normalized spacial score (nSPS) is 11.3. The van der Waals surface area contributed by atoms with Gasteiger partial charge in [0.25, 0.3) is 5.91 Å². The highest BCUT2D eigenvalue weighted by atomic mass is 32.1. The molecule has 0 saturated carbocycles. The molecule has 2 heterocycles. The molecule has 2 aromatic rings. The molecule has 0 saturated heterocycles. The molecule has 2 rings (SSSR count). The van der Waals surface area contributed by atoms with Gasteiger partial charge in [0.2, 0.25) is 5.88 Å². The van der Waals surface area contributed by atoms with E-state index in [1.807, 2.05) is 0 Å². The van der Waals surface area contributed by atoms with Crippen molar-refractivity contribution in [3.05, 3.63) is 40.0 Å². The minimum atomic E-state index is -4.46. The molecule has 130 valence electrons. The van der Waals surface area contributed by atoms with Crippen molar-refractivity contribution in [2.75, 3.05) is 13.2 Å². The number of rotatable bonds is 7. The van der Waals surface area contributed by atoms with Crippen LogP contribution in [-0.4, -0.2) is 35.2 Å². The molecular weight excluding hydrogens is 345 g/mol. The number of thiazole rings is 1. The van der Waals surface area contributed by atoms with Gasteiger partial charge in [-0.25, -0.2) is 9.97 Å². The molecule has 0 aliphatic heterocycles. The lowest BCUT2D eigenvalue weighted by Gasteiger charge is -2.12. The first-order valence-electron chi connectivity index (χ1n) is 6.95. The standard InChI is InChI=1S/C14H15F3N4O2S/c15-14(16,17)8-23-13-9(2-1-5-19-13)6-20-12(22)10-7-24-11(21-10)3-4-18/h1-2,5,7H,3-4,6,8,18H2,(H,20,22). The second-order valence-electron chi connectivity index (χ2n) is 4.72. The molecule has 0 aromatic carbocycles. The quantitative estimate of drug-likeness (QED) is 0.787. The van der Waals surface area contributed by atoms with Crippen molar-refractivity contribution in [1.29, 1.82) is 0 Å². The van der Waals surface area contributed by atoms with E-state index in [9.17, 15) is 18.0 Å². The summed E-state index contributed by atoms with van der Waals surface area (Å²) in [7, 11) is 0. The van der Waals surface area contributed by atoms with Gasteiger partial charge in [0, 0.05) is 30.1 Å². The molecule has 2 aromatic heterocycles. The predicted octanol–water partition coefficient (Wildman–Crippen LogP) is 1.91. The number of alkyl halides is 3. The summed E-state index contributed by atoms with van der Waals surface area (Å²) >= 11 is 1.32. The Morgan fingerprint density at radius 2 is 2.21 bits per heavy atom. The maximum Gasteiger partial charge on any atom is 0.422 e. The molecule has 0 atom stereocenters. The van der Waals surface area contributed by atoms with Crippen LogP contribution in [0.1, 0.15) is 21.1 Å². The van der Waals surface area contributed by atoms with E-state index in [1.165, 1.54) is 23.6 Å². The van der Waals surface area contributed by atoms with Gasteiger partial charge in [-0.15, -0.1) is 11.3 Å². The Bertz CT molecular complexity index is 691. The topological polar surface area (TPSA) is 90.1 Å². The molecule has 6 nitrogen and oxygen atoms in total. The second kappa shape index (κ2) is 8.06. The van der Waals surface area contributed by atoms with Gasteiger partial charge in [-0.2, -0.15) is 13.2 Å². The van der Waals surface area contributed by atoms with Crippen LogP contribution in [0.3, 0.4) is 0 Å².